The van der Waals surface area contributed by atoms with Crippen molar-refractivity contribution in [2.75, 3.05) is 7.11 Å². The number of pyridine rings is 1. The van der Waals surface area contributed by atoms with Gasteiger partial charge < -0.3 is 4.74 Å². The lowest BCUT2D eigenvalue weighted by Crippen LogP contribution is -1.95. The van der Waals surface area contributed by atoms with Gasteiger partial charge in [0, 0.05) is 22.7 Å². The molecule has 0 aliphatic rings. The summed E-state index contributed by atoms with van der Waals surface area (Å²) < 4.78 is 36.7. The normalized spacial score (nSPS) is 11.9. The van der Waals surface area contributed by atoms with E-state index in [1.807, 2.05) is 48.5 Å². The van der Waals surface area contributed by atoms with Crippen molar-refractivity contribution >= 4 is 27.0 Å². The maximum Gasteiger partial charge on any atom is 0.287 e. The Kier molecular flexibility index (Phi) is 4.33. The molecule has 6 heteroatoms. The lowest BCUT2D eigenvalue weighted by atomic mass is 9.99. The molecule has 0 unspecified atom stereocenters. The minimum Gasteiger partial charge on any atom is -0.496 e. The number of nitrogens with zero attached hydrogens (tertiary/aromatic N) is 1. The summed E-state index contributed by atoms with van der Waals surface area (Å²) in [4.78, 5) is 4.48. The van der Waals surface area contributed by atoms with Gasteiger partial charge in [-0.3, -0.25) is 9.54 Å². The molecule has 1 N–H and O–H groups in total. The molecule has 0 aliphatic heterocycles. The van der Waals surface area contributed by atoms with Crippen LogP contribution in [0.25, 0.3) is 28.1 Å². The fourth-order valence-corrected chi connectivity index (χ4v) is 2.87. The van der Waals surface area contributed by atoms with E-state index in [0.717, 1.165) is 21.7 Å². The summed E-state index contributed by atoms with van der Waals surface area (Å²) >= 11 is 0. The molecular formula is C18H15NO4S. The van der Waals surface area contributed by atoms with E-state index in [4.69, 9.17) is 9.29 Å². The fraction of sp³-hybridized carbons (Fsp3) is 0.0556. The van der Waals surface area contributed by atoms with Crippen molar-refractivity contribution in [2.24, 2.45) is 0 Å². The average Bonchev–Trinajstić information content (AvgIpc) is 2.58. The Hall–Kier alpha value is -2.70. The molecule has 0 bridgehead atoms. The molecule has 122 valence electrons. The highest BCUT2D eigenvalue weighted by Crippen LogP contribution is 2.34. The molecule has 0 fully saturated rings. The smallest absolute Gasteiger partial charge is 0.287 e. The van der Waals surface area contributed by atoms with Crippen LogP contribution in [0.3, 0.4) is 0 Å². The van der Waals surface area contributed by atoms with Crippen molar-refractivity contribution in [3.8, 4) is 17.0 Å². The van der Waals surface area contributed by atoms with Crippen molar-refractivity contribution < 1.29 is 17.7 Å². The Bertz CT molecular complexity index is 1030. The molecule has 0 amide bonds. The van der Waals surface area contributed by atoms with E-state index in [1.54, 1.807) is 13.3 Å². The third kappa shape index (κ3) is 3.29. The molecule has 3 aromatic rings. The predicted molar refractivity (Wildman–Crippen MR) is 94.3 cm³/mol. The van der Waals surface area contributed by atoms with Gasteiger partial charge in [-0.25, -0.2) is 0 Å². The largest absolute Gasteiger partial charge is 0.496 e. The highest BCUT2D eigenvalue weighted by atomic mass is 32.2. The summed E-state index contributed by atoms with van der Waals surface area (Å²) in [6.07, 6.45) is 3.08. The van der Waals surface area contributed by atoms with E-state index in [-0.39, 0.29) is 0 Å². The number of rotatable bonds is 4. The van der Waals surface area contributed by atoms with Crippen LogP contribution in [0.2, 0.25) is 0 Å². The molecule has 0 spiro atoms. The number of ether oxygens (including phenoxy) is 1. The summed E-state index contributed by atoms with van der Waals surface area (Å²) in [7, 11) is -2.68. The van der Waals surface area contributed by atoms with Crippen LogP contribution in [-0.4, -0.2) is 25.1 Å². The lowest BCUT2D eigenvalue weighted by molar-refractivity contribution is 0.416. The molecule has 3 rings (SSSR count). The zero-order chi connectivity index (χ0) is 17.2. The van der Waals surface area contributed by atoms with Crippen LogP contribution in [0.4, 0.5) is 0 Å². The third-order valence-electron chi connectivity index (χ3n) is 3.61. The zero-order valence-corrected chi connectivity index (χ0v) is 13.7. The van der Waals surface area contributed by atoms with Gasteiger partial charge in [-0.05, 0) is 23.6 Å². The van der Waals surface area contributed by atoms with Crippen LogP contribution in [0.5, 0.6) is 5.75 Å². The molecule has 0 saturated carbocycles. The second-order valence-electron chi connectivity index (χ2n) is 5.13. The predicted octanol–water partition coefficient (Wildman–Crippen LogP) is 3.77. The Morgan fingerprint density at radius 1 is 1.08 bits per heavy atom. The number of para-hydroxylation sites is 1. The molecule has 24 heavy (non-hydrogen) atoms. The summed E-state index contributed by atoms with van der Waals surface area (Å²) in [5.41, 5.74) is 1.90. The number of hydrogen-bond acceptors (Lipinski definition) is 4. The lowest BCUT2D eigenvalue weighted by Gasteiger charge is -2.12. The highest BCUT2D eigenvalue weighted by molar-refractivity contribution is 7.88. The average molecular weight is 341 g/mol. The van der Waals surface area contributed by atoms with Crippen LogP contribution < -0.4 is 4.74 Å². The second-order valence-corrected chi connectivity index (χ2v) is 6.43. The Morgan fingerprint density at radius 3 is 2.54 bits per heavy atom. The van der Waals surface area contributed by atoms with Gasteiger partial charge in [0.1, 0.15) is 5.75 Å². The van der Waals surface area contributed by atoms with Crippen molar-refractivity contribution in [1.82, 2.24) is 4.98 Å². The highest BCUT2D eigenvalue weighted by Gasteiger charge is 2.13. The minimum absolute atomic E-state index is 0.575. The molecule has 0 saturated heterocycles. The molecule has 1 aromatic heterocycles. The first kappa shape index (κ1) is 16.2. The van der Waals surface area contributed by atoms with Gasteiger partial charge in [0.05, 0.1) is 18.2 Å². The van der Waals surface area contributed by atoms with Gasteiger partial charge in [0.2, 0.25) is 0 Å². The first-order valence-electron chi connectivity index (χ1n) is 7.16. The van der Waals surface area contributed by atoms with Crippen molar-refractivity contribution in [3.63, 3.8) is 0 Å². The number of hydrogen-bond donors (Lipinski definition) is 1. The summed E-state index contributed by atoms with van der Waals surface area (Å²) in [6, 6.07) is 14.9. The standard InChI is InChI=1S/C18H15NO4S/c1-23-17-9-5-4-8-16(17)18-15(10-11-24(20,21)22)14-7-3-2-6-13(14)12-19-18/h2-12H,1H3,(H,20,21,22)/b11-10+. The van der Waals surface area contributed by atoms with Crippen molar-refractivity contribution in [3.05, 3.63) is 65.7 Å². The summed E-state index contributed by atoms with van der Waals surface area (Å²) in [6.45, 7) is 0. The van der Waals surface area contributed by atoms with E-state index in [0.29, 0.717) is 17.0 Å². The van der Waals surface area contributed by atoms with Gasteiger partial charge in [0.25, 0.3) is 10.1 Å². The first-order valence-corrected chi connectivity index (χ1v) is 8.66. The monoisotopic (exact) mass is 341 g/mol. The van der Waals surface area contributed by atoms with E-state index >= 15 is 0 Å². The fourth-order valence-electron chi connectivity index (χ4n) is 2.56. The van der Waals surface area contributed by atoms with Gasteiger partial charge in [-0.1, -0.05) is 36.4 Å². The van der Waals surface area contributed by atoms with Crippen molar-refractivity contribution in [1.29, 1.82) is 0 Å². The van der Waals surface area contributed by atoms with Crippen LogP contribution in [0.1, 0.15) is 5.56 Å². The van der Waals surface area contributed by atoms with Gasteiger partial charge in [0.15, 0.2) is 0 Å². The molecule has 1 heterocycles. The molecular weight excluding hydrogens is 326 g/mol. The molecule has 0 radical (unpaired) electrons. The van der Waals surface area contributed by atoms with Crippen LogP contribution in [-0.2, 0) is 10.1 Å². The summed E-state index contributed by atoms with van der Waals surface area (Å²) in [5, 5.41) is 2.45. The summed E-state index contributed by atoms with van der Waals surface area (Å²) in [5.74, 6) is 0.627. The van der Waals surface area contributed by atoms with Crippen LogP contribution >= 0.6 is 0 Å². The molecule has 5 nitrogen and oxygen atoms in total. The van der Waals surface area contributed by atoms with Gasteiger partial charge in [-0.15, -0.1) is 0 Å². The van der Waals surface area contributed by atoms with Crippen LogP contribution in [0.15, 0.2) is 60.1 Å². The number of fused-ring (bicyclic) bond motifs is 1. The maximum atomic E-state index is 11.1. The van der Waals surface area contributed by atoms with Gasteiger partial charge in [-0.2, -0.15) is 8.42 Å². The molecule has 2 aromatic carbocycles. The Balaban J connectivity index is 2.34. The Labute approximate surface area is 140 Å². The number of methoxy groups -OCH3 is 1. The number of aromatic nitrogens is 1. The molecule has 0 atom stereocenters. The van der Waals surface area contributed by atoms with Crippen LogP contribution in [0, 0.1) is 0 Å². The maximum absolute atomic E-state index is 11.1. The molecule has 0 aliphatic carbocycles. The topological polar surface area (TPSA) is 76.5 Å². The van der Waals surface area contributed by atoms with E-state index in [2.05, 4.69) is 4.98 Å². The van der Waals surface area contributed by atoms with E-state index < -0.39 is 10.1 Å². The SMILES string of the molecule is COc1ccccc1-c1ncc2ccccc2c1/C=C/S(=O)(=O)O. The number of benzene rings is 2. The Morgan fingerprint density at radius 2 is 1.79 bits per heavy atom. The van der Waals surface area contributed by atoms with E-state index in [9.17, 15) is 8.42 Å². The quantitative estimate of drug-likeness (QED) is 0.731. The minimum atomic E-state index is -4.25. The second kappa shape index (κ2) is 6.43. The first-order chi connectivity index (χ1) is 11.5. The zero-order valence-electron chi connectivity index (χ0n) is 12.9. The van der Waals surface area contributed by atoms with Crippen molar-refractivity contribution in [2.45, 2.75) is 0 Å². The third-order valence-corrected chi connectivity index (χ3v) is 4.09. The van der Waals surface area contributed by atoms with E-state index in [1.165, 1.54) is 6.08 Å². The van der Waals surface area contributed by atoms with Gasteiger partial charge >= 0.3 is 0 Å².